The lowest BCUT2D eigenvalue weighted by Crippen LogP contribution is -2.23. The Kier molecular flexibility index (Phi) is 4.08. The van der Waals surface area contributed by atoms with Crippen LogP contribution in [0.4, 0.5) is 14.5 Å². The number of hydrogen-bond donors (Lipinski definition) is 1. The number of nitrogens with zero attached hydrogens (tertiary/aromatic N) is 1. The van der Waals surface area contributed by atoms with E-state index >= 15 is 0 Å². The number of aryl methyl sites for hydroxylation is 1. The van der Waals surface area contributed by atoms with Crippen LogP contribution in [0.25, 0.3) is 0 Å². The topological polar surface area (TPSA) is 82.2 Å². The second-order valence-electron chi connectivity index (χ2n) is 4.39. The first-order chi connectivity index (χ1) is 9.79. The number of nitrogens with two attached hydrogens (primary N) is 1. The summed E-state index contributed by atoms with van der Waals surface area (Å²) in [5, 5.41) is 0. The van der Waals surface area contributed by atoms with Gasteiger partial charge in [-0.15, -0.1) is 0 Å². The fourth-order valence-electron chi connectivity index (χ4n) is 1.73. The molecule has 0 unspecified atom stereocenters. The predicted octanol–water partition coefficient (Wildman–Crippen LogP) is 1.18. The van der Waals surface area contributed by atoms with Gasteiger partial charge >= 0.3 is 0 Å². The van der Waals surface area contributed by atoms with Gasteiger partial charge in [-0.3, -0.25) is 4.79 Å². The molecule has 21 heavy (non-hydrogen) atoms. The van der Waals surface area contributed by atoms with Crippen LogP contribution < -0.4 is 11.3 Å². The number of rotatable bonds is 4. The largest absolute Gasteiger partial charge is 0.398 e. The Morgan fingerprint density at radius 2 is 1.81 bits per heavy atom. The van der Waals surface area contributed by atoms with Gasteiger partial charge in [-0.05, 0) is 24.3 Å². The maximum Gasteiger partial charge on any atom is 0.250 e. The van der Waals surface area contributed by atoms with Crippen molar-refractivity contribution in [3.8, 4) is 0 Å². The molecule has 0 aliphatic rings. The molecule has 0 atom stereocenters. The molecular weight excluding hydrogens is 302 g/mol. The van der Waals surface area contributed by atoms with Crippen LogP contribution in [-0.2, 0) is 16.4 Å². The molecule has 0 aliphatic carbocycles. The Bertz CT molecular complexity index is 832. The van der Waals surface area contributed by atoms with Crippen molar-refractivity contribution in [1.82, 2.24) is 4.57 Å². The van der Waals surface area contributed by atoms with E-state index in [1.807, 2.05) is 0 Å². The Morgan fingerprint density at radius 3 is 2.48 bits per heavy atom. The summed E-state index contributed by atoms with van der Waals surface area (Å²) in [5.41, 5.74) is 5.43. The molecule has 0 spiro atoms. The van der Waals surface area contributed by atoms with E-state index in [4.69, 9.17) is 5.73 Å². The highest BCUT2D eigenvalue weighted by Gasteiger charge is 2.17. The van der Waals surface area contributed by atoms with Gasteiger partial charge in [0.05, 0.1) is 10.6 Å². The minimum atomic E-state index is -3.83. The van der Waals surface area contributed by atoms with Crippen molar-refractivity contribution in [2.45, 2.75) is 11.4 Å². The van der Waals surface area contributed by atoms with Crippen LogP contribution in [0.3, 0.4) is 0 Å². The van der Waals surface area contributed by atoms with Gasteiger partial charge in [0.1, 0.15) is 0 Å². The normalized spacial score (nSPS) is 11.5. The third kappa shape index (κ3) is 3.46. The summed E-state index contributed by atoms with van der Waals surface area (Å²) in [4.78, 5) is 11.2. The maximum atomic E-state index is 13.1. The molecule has 2 aromatic rings. The minimum Gasteiger partial charge on any atom is -0.398 e. The zero-order valence-corrected chi connectivity index (χ0v) is 11.6. The second kappa shape index (κ2) is 5.65. The van der Waals surface area contributed by atoms with Crippen LogP contribution in [0.1, 0.15) is 0 Å². The van der Waals surface area contributed by atoms with Crippen LogP contribution in [-0.4, -0.2) is 18.7 Å². The first kappa shape index (κ1) is 15.2. The van der Waals surface area contributed by atoms with Crippen LogP contribution in [0.5, 0.6) is 0 Å². The van der Waals surface area contributed by atoms with Crippen LogP contribution in [0, 0.1) is 11.6 Å². The molecule has 0 fully saturated rings. The highest BCUT2D eigenvalue weighted by molar-refractivity contribution is 7.91. The van der Waals surface area contributed by atoms with Gasteiger partial charge in [0, 0.05) is 24.5 Å². The molecule has 0 saturated carbocycles. The fourth-order valence-corrected chi connectivity index (χ4v) is 2.96. The summed E-state index contributed by atoms with van der Waals surface area (Å²) in [5.74, 6) is -2.79. The standard InChI is InChI=1S/C13H12F2N2O3S/c14-11-3-2-10(7-12(11)15)21(19,20)6-5-17-8-9(16)1-4-13(17)18/h1-4,7-8H,5-6,16H2. The molecule has 5 nitrogen and oxygen atoms in total. The number of benzene rings is 1. The van der Waals surface area contributed by atoms with E-state index in [9.17, 15) is 22.0 Å². The lowest BCUT2D eigenvalue weighted by Gasteiger charge is -2.08. The van der Waals surface area contributed by atoms with Crippen molar-refractivity contribution in [2.24, 2.45) is 0 Å². The summed E-state index contributed by atoms with van der Waals surface area (Å²) >= 11 is 0. The number of nitrogen functional groups attached to an aromatic ring is 1. The third-order valence-corrected chi connectivity index (χ3v) is 4.55. The Balaban J connectivity index is 2.23. The highest BCUT2D eigenvalue weighted by atomic mass is 32.2. The maximum absolute atomic E-state index is 13.1. The summed E-state index contributed by atoms with van der Waals surface area (Å²) < 4.78 is 51.1. The molecule has 1 aromatic heterocycles. The molecule has 0 radical (unpaired) electrons. The van der Waals surface area contributed by atoms with Gasteiger partial charge in [0.15, 0.2) is 21.5 Å². The van der Waals surface area contributed by atoms with E-state index < -0.39 is 32.8 Å². The van der Waals surface area contributed by atoms with Crippen molar-refractivity contribution in [2.75, 3.05) is 11.5 Å². The lowest BCUT2D eigenvalue weighted by molar-refractivity contribution is 0.504. The molecule has 2 rings (SSSR count). The summed E-state index contributed by atoms with van der Waals surface area (Å²) in [7, 11) is -3.83. The molecule has 0 aliphatic heterocycles. The molecule has 0 amide bonds. The molecule has 2 N–H and O–H groups in total. The predicted molar refractivity (Wildman–Crippen MR) is 73.5 cm³/mol. The number of pyridine rings is 1. The van der Waals surface area contributed by atoms with Crippen molar-refractivity contribution in [1.29, 1.82) is 0 Å². The Hall–Kier alpha value is -2.22. The average Bonchev–Trinajstić information content (AvgIpc) is 2.43. The number of aromatic nitrogens is 1. The molecule has 0 bridgehead atoms. The zero-order valence-electron chi connectivity index (χ0n) is 10.8. The van der Waals surface area contributed by atoms with Gasteiger partial charge in [-0.1, -0.05) is 0 Å². The molecule has 0 saturated heterocycles. The first-order valence-corrected chi connectivity index (χ1v) is 7.58. The van der Waals surface area contributed by atoms with Crippen LogP contribution in [0.15, 0.2) is 46.2 Å². The molecular formula is C13H12F2N2O3S. The van der Waals surface area contributed by atoms with E-state index in [1.165, 1.54) is 18.3 Å². The van der Waals surface area contributed by atoms with Crippen molar-refractivity contribution < 1.29 is 17.2 Å². The number of anilines is 1. The molecule has 8 heteroatoms. The van der Waals surface area contributed by atoms with Gasteiger partial charge in [0.25, 0.3) is 5.56 Å². The monoisotopic (exact) mass is 314 g/mol. The average molecular weight is 314 g/mol. The van der Waals surface area contributed by atoms with E-state index in [2.05, 4.69) is 0 Å². The SMILES string of the molecule is Nc1ccc(=O)n(CCS(=O)(=O)c2ccc(F)c(F)c2)c1. The van der Waals surface area contributed by atoms with Gasteiger partial charge in [-0.2, -0.15) is 0 Å². The van der Waals surface area contributed by atoms with E-state index in [1.54, 1.807) is 0 Å². The van der Waals surface area contributed by atoms with Crippen LogP contribution >= 0.6 is 0 Å². The fraction of sp³-hybridized carbons (Fsp3) is 0.154. The number of hydrogen-bond acceptors (Lipinski definition) is 4. The zero-order chi connectivity index (χ0) is 15.6. The number of halogens is 2. The van der Waals surface area contributed by atoms with Crippen molar-refractivity contribution >= 4 is 15.5 Å². The summed E-state index contributed by atoms with van der Waals surface area (Å²) in [6.45, 7) is -0.134. The number of sulfone groups is 1. The quantitative estimate of drug-likeness (QED) is 0.859. The highest BCUT2D eigenvalue weighted by Crippen LogP contribution is 2.15. The van der Waals surface area contributed by atoms with Gasteiger partial charge < -0.3 is 10.3 Å². The second-order valence-corrected chi connectivity index (χ2v) is 6.50. The van der Waals surface area contributed by atoms with Crippen molar-refractivity contribution in [3.63, 3.8) is 0 Å². The molecule has 1 heterocycles. The Morgan fingerprint density at radius 1 is 1.10 bits per heavy atom. The summed E-state index contributed by atoms with van der Waals surface area (Å²) in [6.07, 6.45) is 1.32. The molecule has 112 valence electrons. The van der Waals surface area contributed by atoms with E-state index in [0.29, 0.717) is 11.8 Å². The third-order valence-electron chi connectivity index (χ3n) is 2.86. The van der Waals surface area contributed by atoms with Gasteiger partial charge in [0.2, 0.25) is 0 Å². The van der Waals surface area contributed by atoms with Gasteiger partial charge in [-0.25, -0.2) is 17.2 Å². The summed E-state index contributed by atoms with van der Waals surface area (Å²) in [6, 6.07) is 4.97. The minimum absolute atomic E-state index is 0.134. The first-order valence-electron chi connectivity index (χ1n) is 5.93. The van der Waals surface area contributed by atoms with E-state index in [0.717, 1.165) is 16.7 Å². The van der Waals surface area contributed by atoms with Crippen molar-refractivity contribution in [3.05, 3.63) is 58.5 Å². The lowest BCUT2D eigenvalue weighted by atomic mass is 10.3. The Labute approximate surface area is 119 Å². The van der Waals surface area contributed by atoms with Crippen LogP contribution in [0.2, 0.25) is 0 Å². The molecule has 1 aromatic carbocycles. The smallest absolute Gasteiger partial charge is 0.250 e. The van der Waals surface area contributed by atoms with E-state index in [-0.39, 0.29) is 11.4 Å².